The zero-order valence-electron chi connectivity index (χ0n) is 29.8. The molecule has 254 valence electrons. The van der Waals surface area contributed by atoms with Gasteiger partial charge in [-0.3, -0.25) is 0 Å². The average molecular weight is 658 g/mol. The van der Waals surface area contributed by atoms with E-state index in [9.17, 15) is 5.53 Å². The summed E-state index contributed by atoms with van der Waals surface area (Å²) in [6.45, 7) is 11.2. The third-order valence-corrected chi connectivity index (χ3v) is 9.50. The van der Waals surface area contributed by atoms with E-state index >= 15 is 0 Å². The Hall–Kier alpha value is -2.17. The van der Waals surface area contributed by atoms with Crippen molar-refractivity contribution in [1.29, 1.82) is 0 Å². The number of aryl methyl sites for hydroxylation is 2. The van der Waals surface area contributed by atoms with Crippen molar-refractivity contribution in [2.45, 2.75) is 167 Å². The molecule has 3 heteroatoms. The maximum absolute atomic E-state index is 9.29. The van der Waals surface area contributed by atoms with Gasteiger partial charge in [-0.05, 0) is 72.4 Å². The molecule has 0 aromatic heterocycles. The van der Waals surface area contributed by atoms with Crippen molar-refractivity contribution in [3.8, 4) is 0 Å². The summed E-state index contributed by atoms with van der Waals surface area (Å²) >= 11 is 1.94. The molecule has 0 aliphatic carbocycles. The van der Waals surface area contributed by atoms with Gasteiger partial charge in [-0.2, -0.15) is 0 Å². The molecule has 0 amide bonds. The van der Waals surface area contributed by atoms with E-state index < -0.39 is 0 Å². The third-order valence-electron chi connectivity index (χ3n) is 8.11. The normalized spacial score (nSPS) is 11.1. The number of benzene rings is 2. The van der Waals surface area contributed by atoms with Crippen molar-refractivity contribution in [2.75, 3.05) is 0 Å². The number of rotatable bonds is 24. The van der Waals surface area contributed by atoms with Crippen LogP contribution in [0.25, 0.3) is 11.1 Å². The molecule has 2 rings (SSSR count). The van der Waals surface area contributed by atoms with Gasteiger partial charge in [0.15, 0.2) is 0 Å². The molecular formula is C42H66N2Ni. The van der Waals surface area contributed by atoms with E-state index in [0.717, 1.165) is 31.3 Å². The molecule has 2 aromatic rings. The van der Waals surface area contributed by atoms with Gasteiger partial charge in [-0.15, -0.1) is 4.79 Å². The average Bonchev–Trinajstić information content (AvgIpc) is 3.07. The maximum atomic E-state index is 9.29. The Bertz CT molecular complexity index is 1100. The van der Waals surface area contributed by atoms with E-state index in [4.69, 9.17) is 0 Å². The summed E-state index contributed by atoms with van der Waals surface area (Å²) in [5, 5.41) is 2.78. The van der Waals surface area contributed by atoms with E-state index in [1.54, 1.807) is 0 Å². The molecule has 0 atom stereocenters. The SMILES string of the molecule is CCCCCCCCc1cccc(C(=CC(=C=[N+]=[N-])CCCCCC)c2ccc(CCCC)cc2)c1.CCC[CH2][Ni][CH2]CCC. The molecule has 45 heavy (non-hydrogen) atoms. The van der Waals surface area contributed by atoms with Gasteiger partial charge < -0.3 is 5.53 Å². The Morgan fingerprint density at radius 3 is 1.82 bits per heavy atom. The predicted octanol–water partition coefficient (Wildman–Crippen LogP) is 13.7. The van der Waals surface area contributed by atoms with Crippen LogP contribution in [-0.4, -0.2) is 10.7 Å². The van der Waals surface area contributed by atoms with E-state index in [1.807, 2.05) is 14.4 Å². The first-order valence-electron chi connectivity index (χ1n) is 18.4. The molecule has 2 nitrogen and oxygen atoms in total. The second-order valence-corrected chi connectivity index (χ2v) is 13.8. The number of nitrogens with zero attached hydrogens (tertiary/aromatic N) is 2. The van der Waals surface area contributed by atoms with Crippen molar-refractivity contribution in [3.63, 3.8) is 0 Å². The zero-order valence-corrected chi connectivity index (χ0v) is 30.7. The number of hydrogen-bond acceptors (Lipinski definition) is 0. The fraction of sp³-hybridized carbons (Fsp3) is 0.619. The van der Waals surface area contributed by atoms with Crippen LogP contribution in [0.2, 0.25) is 10.8 Å². The number of allylic oxidation sites excluding steroid dienone is 2. The molecule has 2 aromatic carbocycles. The summed E-state index contributed by atoms with van der Waals surface area (Å²) in [6.07, 6.45) is 25.9. The summed E-state index contributed by atoms with van der Waals surface area (Å²) in [4.78, 5) is 3.28. The van der Waals surface area contributed by atoms with Crippen LogP contribution in [0, 0.1) is 0 Å². The topological polar surface area (TPSA) is 36.4 Å². The van der Waals surface area contributed by atoms with Gasteiger partial charge in [0.25, 0.3) is 0 Å². The molecule has 0 N–H and O–H groups in total. The van der Waals surface area contributed by atoms with Crippen molar-refractivity contribution in [1.82, 2.24) is 0 Å². The molecule has 0 heterocycles. The fourth-order valence-corrected chi connectivity index (χ4v) is 6.61. The van der Waals surface area contributed by atoms with Crippen LogP contribution in [0.4, 0.5) is 0 Å². The Labute approximate surface area is 285 Å². The minimum atomic E-state index is 0.875. The monoisotopic (exact) mass is 656 g/mol. The Morgan fingerprint density at radius 2 is 1.20 bits per heavy atom. The van der Waals surface area contributed by atoms with E-state index in [-0.39, 0.29) is 0 Å². The summed E-state index contributed by atoms with van der Waals surface area (Å²) < 4.78 is 0. The van der Waals surface area contributed by atoms with Crippen LogP contribution in [0.3, 0.4) is 0 Å². The fourth-order valence-electron chi connectivity index (χ4n) is 5.17. The van der Waals surface area contributed by atoms with Gasteiger partial charge in [0.1, 0.15) is 0 Å². The van der Waals surface area contributed by atoms with Crippen molar-refractivity contribution >= 4 is 11.4 Å². The van der Waals surface area contributed by atoms with Crippen molar-refractivity contribution in [3.05, 3.63) is 88.0 Å². The van der Waals surface area contributed by atoms with Crippen LogP contribution in [0.5, 0.6) is 0 Å². The van der Waals surface area contributed by atoms with Crippen LogP contribution < -0.4 is 0 Å². The van der Waals surface area contributed by atoms with Crippen LogP contribution in [-0.2, 0) is 27.3 Å². The van der Waals surface area contributed by atoms with Gasteiger partial charge in [-0.25, -0.2) is 0 Å². The van der Waals surface area contributed by atoms with Crippen LogP contribution in [0.15, 0.2) is 60.2 Å². The molecular weight excluding hydrogens is 591 g/mol. The molecule has 0 radical (unpaired) electrons. The molecule has 0 unspecified atom stereocenters. The van der Waals surface area contributed by atoms with E-state index in [2.05, 4.69) is 99.9 Å². The zero-order chi connectivity index (χ0) is 32.8. The molecule has 0 saturated heterocycles. The van der Waals surface area contributed by atoms with Crippen molar-refractivity contribution < 1.29 is 19.2 Å². The summed E-state index contributed by atoms with van der Waals surface area (Å²) in [5.74, 6) is 2.86. The van der Waals surface area contributed by atoms with E-state index in [1.165, 1.54) is 135 Å². The molecule has 0 saturated carbocycles. The molecule has 0 aliphatic rings. The van der Waals surface area contributed by atoms with Gasteiger partial charge in [-0.1, -0.05) is 127 Å². The Balaban J connectivity index is 0.000000975. The minimum absolute atomic E-state index is 0.875. The second kappa shape index (κ2) is 29.2. The molecule has 0 aliphatic heterocycles. The van der Waals surface area contributed by atoms with Gasteiger partial charge in [0.05, 0.1) is 5.57 Å². The third kappa shape index (κ3) is 20.6. The first-order valence-corrected chi connectivity index (χ1v) is 19.8. The van der Waals surface area contributed by atoms with E-state index in [0.29, 0.717) is 0 Å². The summed E-state index contributed by atoms with van der Waals surface area (Å²) in [5.41, 5.74) is 16.7. The first kappa shape index (κ1) is 40.9. The number of unbranched alkanes of at least 4 members (excludes halogenated alkanes) is 11. The van der Waals surface area contributed by atoms with Gasteiger partial charge in [0.2, 0.25) is 0 Å². The van der Waals surface area contributed by atoms with Crippen LogP contribution >= 0.6 is 0 Å². The van der Waals surface area contributed by atoms with Crippen LogP contribution in [0.1, 0.15) is 166 Å². The quantitative estimate of drug-likeness (QED) is 0.0269. The van der Waals surface area contributed by atoms with Gasteiger partial charge in [0, 0.05) is 0 Å². The Morgan fingerprint density at radius 1 is 0.622 bits per heavy atom. The van der Waals surface area contributed by atoms with Crippen molar-refractivity contribution in [2.24, 2.45) is 0 Å². The number of hydrogen-bond donors (Lipinski definition) is 0. The molecule has 0 fully saturated rings. The summed E-state index contributed by atoms with van der Waals surface area (Å²) in [6, 6.07) is 18.1. The summed E-state index contributed by atoms with van der Waals surface area (Å²) in [7, 11) is 0. The van der Waals surface area contributed by atoms with Gasteiger partial charge >= 0.3 is 70.6 Å². The second-order valence-electron chi connectivity index (χ2n) is 12.3. The Kier molecular flexibility index (Phi) is 26.6. The molecule has 0 bridgehead atoms. The molecule has 0 spiro atoms. The predicted molar refractivity (Wildman–Crippen MR) is 196 cm³/mol. The first-order chi connectivity index (χ1) is 22.1. The standard InChI is InChI=1S/C34H48N2.2C4H9.Ni/c1-4-7-10-12-13-15-18-30-20-16-21-33(26-30)34(27-31(28-36-35)19-14-11-8-5-2)32-24-22-29(23-25-32)17-9-6-3;2*1-3-4-2;/h16,20-27H,4-15,17-19H2,1-3H3;2*1,3-4H2,2H3;.